The van der Waals surface area contributed by atoms with Crippen LogP contribution in [0.2, 0.25) is 0 Å². The Kier molecular flexibility index (Phi) is 13.1. The van der Waals surface area contributed by atoms with Crippen molar-refractivity contribution in [3.05, 3.63) is 71.8 Å². The first-order valence-electron chi connectivity index (χ1n) is 11.5. The number of carbonyl (C=O) groups excluding carboxylic acids is 6. The smallest absolute Gasteiger partial charge is 0.307 e. The lowest BCUT2D eigenvalue weighted by Gasteiger charge is -2.17. The summed E-state index contributed by atoms with van der Waals surface area (Å²) in [4.78, 5) is 74.1. The van der Waals surface area contributed by atoms with Gasteiger partial charge in [-0.25, -0.2) is 0 Å². The first kappa shape index (κ1) is 30.6. The number of hydrogen-bond donors (Lipinski definition) is 2. The number of nitrogens with one attached hydrogen (secondary N) is 2. The van der Waals surface area contributed by atoms with Crippen LogP contribution in [0.4, 0.5) is 0 Å². The molecule has 2 rings (SSSR count). The number of rotatable bonds is 13. The minimum atomic E-state index is -1.04. The number of hydrogen-bond acceptors (Lipinski definition) is 10. The Labute approximate surface area is 228 Å². The van der Waals surface area contributed by atoms with Gasteiger partial charge in [-0.2, -0.15) is 0 Å². The van der Waals surface area contributed by atoms with E-state index in [1.165, 1.54) is 14.2 Å². The molecule has 38 heavy (non-hydrogen) atoms. The molecule has 0 fully saturated rings. The fraction of sp³-hybridized carbons (Fsp3) is 0.308. The second-order valence-corrected chi connectivity index (χ2v) is 10.0. The van der Waals surface area contributed by atoms with Crippen LogP contribution in [-0.4, -0.2) is 71.8 Å². The zero-order valence-electron chi connectivity index (χ0n) is 20.8. The summed E-state index contributed by atoms with van der Waals surface area (Å²) in [7, 11) is 2.36. The van der Waals surface area contributed by atoms with Gasteiger partial charge in [-0.15, -0.1) is 0 Å². The number of benzene rings is 2. The maximum Gasteiger partial charge on any atom is 0.307 e. The van der Waals surface area contributed by atoms with Crippen molar-refractivity contribution in [1.29, 1.82) is 0 Å². The van der Waals surface area contributed by atoms with Gasteiger partial charge in [-0.1, -0.05) is 84.2 Å². The zero-order valence-corrected chi connectivity index (χ0v) is 22.5. The molecule has 0 aliphatic rings. The van der Waals surface area contributed by atoms with E-state index in [4.69, 9.17) is 0 Å². The molecule has 2 aromatic carbocycles. The standard InChI is InChI=1S/C26H28N2O8S2/c1-35-21(29)15-19(37-25(33)17-9-5-3-6-10-17)23(31)27-13-14-28-24(32)20(16-22(30)36-2)38-26(34)18-11-7-4-8-12-18/h3-12,19-20H,13-16H2,1-2H3,(H,27,31)(H,28,32). The second-order valence-electron chi connectivity index (χ2n) is 7.66. The van der Waals surface area contributed by atoms with Crippen molar-refractivity contribution in [1.82, 2.24) is 10.6 Å². The summed E-state index contributed by atoms with van der Waals surface area (Å²) in [6.07, 6.45) is -0.644. The van der Waals surface area contributed by atoms with Gasteiger partial charge >= 0.3 is 11.9 Å². The predicted molar refractivity (Wildman–Crippen MR) is 144 cm³/mol. The molecule has 0 bridgehead atoms. The van der Waals surface area contributed by atoms with E-state index in [0.717, 1.165) is 0 Å². The molecular formula is C26H28N2O8S2. The van der Waals surface area contributed by atoms with E-state index in [2.05, 4.69) is 20.1 Å². The molecule has 0 saturated carbocycles. The molecule has 2 N–H and O–H groups in total. The van der Waals surface area contributed by atoms with Gasteiger partial charge in [0.2, 0.25) is 22.0 Å². The lowest BCUT2D eigenvalue weighted by atomic mass is 10.2. The minimum Gasteiger partial charge on any atom is -0.469 e. The van der Waals surface area contributed by atoms with Crippen LogP contribution >= 0.6 is 23.5 Å². The molecule has 2 amide bonds. The highest BCUT2D eigenvalue weighted by molar-refractivity contribution is 8.15. The molecule has 0 aliphatic carbocycles. The van der Waals surface area contributed by atoms with Crippen LogP contribution in [0.1, 0.15) is 33.6 Å². The third-order valence-corrected chi connectivity index (χ3v) is 7.22. The largest absolute Gasteiger partial charge is 0.469 e. The Morgan fingerprint density at radius 2 is 0.974 bits per heavy atom. The normalized spacial score (nSPS) is 11.9. The summed E-state index contributed by atoms with van der Waals surface area (Å²) >= 11 is 1.40. The lowest BCUT2D eigenvalue weighted by Crippen LogP contribution is -2.42. The highest BCUT2D eigenvalue weighted by Gasteiger charge is 2.28. The first-order chi connectivity index (χ1) is 18.2. The van der Waals surface area contributed by atoms with Crippen molar-refractivity contribution in [3.63, 3.8) is 0 Å². The van der Waals surface area contributed by atoms with Gasteiger partial charge in [0.25, 0.3) is 0 Å². The predicted octanol–water partition coefficient (Wildman–Crippen LogP) is 2.23. The number of ether oxygens (including phenoxy) is 2. The molecule has 12 heteroatoms. The average Bonchev–Trinajstić information content (AvgIpc) is 2.94. The van der Waals surface area contributed by atoms with E-state index in [-0.39, 0.29) is 36.2 Å². The molecule has 2 atom stereocenters. The average molecular weight is 561 g/mol. The van der Waals surface area contributed by atoms with Crippen molar-refractivity contribution in [2.45, 2.75) is 23.3 Å². The minimum absolute atomic E-state index is 0.0232. The third-order valence-electron chi connectivity index (χ3n) is 4.99. The van der Waals surface area contributed by atoms with Gasteiger partial charge in [0, 0.05) is 24.2 Å². The molecule has 0 saturated heterocycles. The molecule has 0 aromatic heterocycles. The van der Waals surface area contributed by atoms with Crippen molar-refractivity contribution >= 4 is 57.5 Å². The highest BCUT2D eigenvalue weighted by Crippen LogP contribution is 2.22. The van der Waals surface area contributed by atoms with Crippen LogP contribution < -0.4 is 10.6 Å². The Hall–Kier alpha value is -3.64. The van der Waals surface area contributed by atoms with E-state index in [1.807, 2.05) is 0 Å². The Morgan fingerprint density at radius 1 is 0.632 bits per heavy atom. The van der Waals surface area contributed by atoms with Gasteiger partial charge in [-0.05, 0) is 0 Å². The van der Waals surface area contributed by atoms with Crippen LogP contribution in [0.3, 0.4) is 0 Å². The molecule has 2 aromatic rings. The summed E-state index contributed by atoms with van der Waals surface area (Å²) < 4.78 is 9.28. The molecular weight excluding hydrogens is 532 g/mol. The topological polar surface area (TPSA) is 145 Å². The van der Waals surface area contributed by atoms with E-state index >= 15 is 0 Å². The van der Waals surface area contributed by atoms with Crippen molar-refractivity contribution < 1.29 is 38.2 Å². The number of amides is 2. The fourth-order valence-electron chi connectivity index (χ4n) is 2.99. The SMILES string of the molecule is COC(=O)CC(SC(=O)c1ccccc1)C(=O)NCCNC(=O)C(CC(=O)OC)SC(=O)c1ccccc1. The van der Waals surface area contributed by atoms with Gasteiger partial charge in [-0.3, -0.25) is 28.8 Å². The summed E-state index contributed by atoms with van der Waals surface area (Å²) in [6.45, 7) is -0.0465. The Morgan fingerprint density at radius 3 is 1.29 bits per heavy atom. The maximum atomic E-state index is 12.7. The zero-order chi connectivity index (χ0) is 27.9. The summed E-state index contributed by atoms with van der Waals surface area (Å²) in [5, 5.41) is 2.31. The summed E-state index contributed by atoms with van der Waals surface area (Å²) in [5.74, 6) is -2.48. The summed E-state index contributed by atoms with van der Waals surface area (Å²) in [6, 6.07) is 16.6. The van der Waals surface area contributed by atoms with Crippen LogP contribution in [-0.2, 0) is 28.7 Å². The van der Waals surface area contributed by atoms with Crippen LogP contribution in [0, 0.1) is 0 Å². The van der Waals surface area contributed by atoms with E-state index in [0.29, 0.717) is 34.7 Å². The van der Waals surface area contributed by atoms with E-state index in [9.17, 15) is 28.8 Å². The first-order valence-corrected chi connectivity index (χ1v) is 13.2. The van der Waals surface area contributed by atoms with E-state index < -0.39 is 34.3 Å². The monoisotopic (exact) mass is 560 g/mol. The molecule has 2 unspecified atom stereocenters. The molecule has 202 valence electrons. The van der Waals surface area contributed by atoms with Gasteiger partial charge in [0.15, 0.2) is 0 Å². The van der Waals surface area contributed by atoms with E-state index in [1.54, 1.807) is 60.7 Å². The Balaban J connectivity index is 1.93. The van der Waals surface area contributed by atoms with Crippen LogP contribution in [0.25, 0.3) is 0 Å². The lowest BCUT2D eigenvalue weighted by molar-refractivity contribution is -0.142. The molecule has 10 nitrogen and oxygen atoms in total. The van der Waals surface area contributed by atoms with Gasteiger partial charge in [0.1, 0.15) is 10.5 Å². The van der Waals surface area contributed by atoms with Crippen molar-refractivity contribution in [3.8, 4) is 0 Å². The Bertz CT molecular complexity index is 1040. The quantitative estimate of drug-likeness (QED) is 0.276. The number of esters is 2. The maximum absolute atomic E-state index is 12.7. The second kappa shape index (κ2) is 16.3. The number of carbonyl (C=O) groups is 6. The number of thioether (sulfide) groups is 2. The number of methoxy groups -OCH3 is 2. The summed E-state index contributed by atoms with van der Waals surface area (Å²) in [5.41, 5.74) is 0.762. The van der Waals surface area contributed by atoms with Crippen LogP contribution in [0.5, 0.6) is 0 Å². The van der Waals surface area contributed by atoms with Crippen molar-refractivity contribution in [2.24, 2.45) is 0 Å². The third kappa shape index (κ3) is 10.4. The van der Waals surface area contributed by atoms with Crippen molar-refractivity contribution in [2.75, 3.05) is 27.3 Å². The van der Waals surface area contributed by atoms with Crippen LogP contribution in [0.15, 0.2) is 60.7 Å². The fourth-order valence-corrected chi connectivity index (χ4v) is 4.87. The van der Waals surface area contributed by atoms with Gasteiger partial charge in [0.05, 0.1) is 27.1 Å². The molecule has 0 aliphatic heterocycles. The molecule has 0 heterocycles. The van der Waals surface area contributed by atoms with Gasteiger partial charge < -0.3 is 20.1 Å². The highest BCUT2D eigenvalue weighted by atomic mass is 32.2. The molecule has 0 spiro atoms. The molecule has 0 radical (unpaired) electrons.